The molecule has 5 nitrogen and oxygen atoms in total. The van der Waals surface area contributed by atoms with Gasteiger partial charge in [0.1, 0.15) is 16.5 Å². The first-order chi connectivity index (χ1) is 17.9. The number of amides is 1. The van der Waals surface area contributed by atoms with Crippen molar-refractivity contribution in [3.63, 3.8) is 0 Å². The molecule has 0 spiro atoms. The Morgan fingerprint density at radius 2 is 1.84 bits per heavy atom. The van der Waals surface area contributed by atoms with E-state index in [0.29, 0.717) is 22.2 Å². The van der Waals surface area contributed by atoms with Crippen molar-refractivity contribution in [3.05, 3.63) is 98.6 Å². The highest BCUT2D eigenvalue weighted by molar-refractivity contribution is 9.11. The molecule has 0 atom stereocenters. The van der Waals surface area contributed by atoms with E-state index in [2.05, 4.69) is 42.5 Å². The number of benzene rings is 3. The summed E-state index contributed by atoms with van der Waals surface area (Å²) in [4.78, 5) is 17.3. The molecule has 0 radical (unpaired) electrons. The summed E-state index contributed by atoms with van der Waals surface area (Å²) in [6.45, 7) is 0. The van der Waals surface area contributed by atoms with E-state index >= 15 is 0 Å². The number of carbonyl (C=O) groups excluding carboxylic acids is 1. The van der Waals surface area contributed by atoms with Crippen LogP contribution >= 0.6 is 67.0 Å². The summed E-state index contributed by atoms with van der Waals surface area (Å²) in [7, 11) is 0. The van der Waals surface area contributed by atoms with Crippen LogP contribution in [0.25, 0.3) is 38.2 Å². The number of furan rings is 1. The number of nitrogens with one attached hydrogen (secondary N) is 2. The topological polar surface area (TPSA) is 67.2 Å². The lowest BCUT2D eigenvalue weighted by molar-refractivity contribution is -0.115. The van der Waals surface area contributed by atoms with Crippen molar-refractivity contribution in [1.29, 1.82) is 0 Å². The number of carbonyl (C=O) groups is 1. The van der Waals surface area contributed by atoms with Crippen LogP contribution in [0, 0.1) is 0 Å². The van der Waals surface area contributed by atoms with E-state index in [0.717, 1.165) is 35.3 Å². The van der Waals surface area contributed by atoms with Crippen molar-refractivity contribution in [2.45, 2.75) is 0 Å². The van der Waals surface area contributed by atoms with Crippen LogP contribution < -0.4 is 10.6 Å². The van der Waals surface area contributed by atoms with Crippen LogP contribution in [0.5, 0.6) is 0 Å². The van der Waals surface area contributed by atoms with Gasteiger partial charge in [-0.3, -0.25) is 10.1 Å². The van der Waals surface area contributed by atoms with Gasteiger partial charge < -0.3 is 9.73 Å². The molecule has 1 amide bonds. The lowest BCUT2D eigenvalue weighted by atomic mass is 10.2. The Bertz CT molecular complexity index is 1630. The predicted octanol–water partition coefficient (Wildman–Crippen LogP) is 8.93. The molecule has 0 aliphatic rings. The Labute approximate surface area is 243 Å². The fraction of sp³-hybridized carbons (Fsp3) is 0. The Morgan fingerprint density at radius 1 is 1.05 bits per heavy atom. The third kappa shape index (κ3) is 6.19. The molecule has 2 N–H and O–H groups in total. The second kappa shape index (κ2) is 11.3. The zero-order valence-corrected chi connectivity index (χ0v) is 24.4. The van der Waals surface area contributed by atoms with Gasteiger partial charge in [-0.05, 0) is 94.9 Å². The molecule has 2 heterocycles. The third-order valence-electron chi connectivity index (χ3n) is 5.21. The molecule has 0 saturated carbocycles. The zero-order valence-electron chi connectivity index (χ0n) is 18.8. The average Bonchev–Trinajstić information content (AvgIpc) is 3.52. The molecule has 10 heteroatoms. The monoisotopic (exact) mass is 671 g/mol. The maximum Gasteiger partial charge on any atom is 0.250 e. The highest BCUT2D eigenvalue weighted by Gasteiger charge is 2.16. The van der Waals surface area contributed by atoms with Gasteiger partial charge in [0.2, 0.25) is 5.91 Å². The number of anilines is 1. The van der Waals surface area contributed by atoms with E-state index in [4.69, 9.17) is 33.2 Å². The second-order valence-corrected chi connectivity index (χ2v) is 11.4. The number of hydrogen-bond acceptors (Lipinski definition) is 5. The summed E-state index contributed by atoms with van der Waals surface area (Å²) >= 11 is 20.1. The molecule has 5 rings (SSSR count). The van der Waals surface area contributed by atoms with E-state index in [1.54, 1.807) is 35.6 Å². The zero-order chi connectivity index (χ0) is 25.9. The number of thiocarbonyl (C=S) groups is 1. The fourth-order valence-electron chi connectivity index (χ4n) is 3.52. The summed E-state index contributed by atoms with van der Waals surface area (Å²) in [5.74, 6) is 0.820. The van der Waals surface area contributed by atoms with Gasteiger partial charge in [0.25, 0.3) is 0 Å². The third-order valence-corrected chi connectivity index (χ3v) is 7.82. The summed E-state index contributed by atoms with van der Waals surface area (Å²) < 4.78 is 8.54. The summed E-state index contributed by atoms with van der Waals surface area (Å²) in [5, 5.41) is 7.45. The highest BCUT2D eigenvalue weighted by Crippen LogP contribution is 2.40. The molecule has 0 fully saturated rings. The first-order valence-electron chi connectivity index (χ1n) is 10.9. The maximum atomic E-state index is 12.5. The van der Waals surface area contributed by atoms with Crippen molar-refractivity contribution < 1.29 is 9.21 Å². The number of nitrogens with zero attached hydrogens (tertiary/aromatic N) is 1. The van der Waals surface area contributed by atoms with E-state index in [1.165, 1.54) is 6.08 Å². The van der Waals surface area contributed by atoms with Gasteiger partial charge in [-0.25, -0.2) is 4.98 Å². The Hall–Kier alpha value is -2.82. The molecule has 184 valence electrons. The van der Waals surface area contributed by atoms with Crippen LogP contribution in [0.15, 0.2) is 92.2 Å². The SMILES string of the molecule is O=C(/C=C/c1ccc(-c2ccc(Cl)cc2)o1)NC(=S)Nc1c(Br)cc(Br)cc1-c1nc2ccccc2s1. The van der Waals surface area contributed by atoms with Gasteiger partial charge in [0.15, 0.2) is 5.11 Å². The van der Waals surface area contributed by atoms with Gasteiger partial charge in [0.05, 0.1) is 15.9 Å². The lowest BCUT2D eigenvalue weighted by Crippen LogP contribution is -2.33. The quantitative estimate of drug-likeness (QED) is 0.144. The highest BCUT2D eigenvalue weighted by atomic mass is 79.9. The summed E-state index contributed by atoms with van der Waals surface area (Å²) in [5.41, 5.74) is 3.36. The standard InChI is InChI=1S/C27H16Br2ClN3O2S2/c28-16-13-19(26-31-21-3-1-2-4-23(21)37-26)25(20(29)14-16)33-27(36)32-24(34)12-10-18-9-11-22(35-18)15-5-7-17(30)8-6-15/h1-14H,(H2,32,33,34,36)/b12-10+. The molecule has 37 heavy (non-hydrogen) atoms. The molecule has 3 aromatic carbocycles. The molecular formula is C27H16Br2ClN3O2S2. The summed E-state index contributed by atoms with van der Waals surface area (Å²) in [6.07, 6.45) is 2.95. The number of para-hydroxylation sites is 1. The minimum Gasteiger partial charge on any atom is -0.457 e. The smallest absolute Gasteiger partial charge is 0.250 e. The van der Waals surface area contributed by atoms with E-state index in [9.17, 15) is 4.79 Å². The van der Waals surface area contributed by atoms with Crippen molar-refractivity contribution in [2.75, 3.05) is 5.32 Å². The van der Waals surface area contributed by atoms with Crippen LogP contribution in [0.3, 0.4) is 0 Å². The van der Waals surface area contributed by atoms with Crippen LogP contribution in [0.4, 0.5) is 5.69 Å². The average molecular weight is 674 g/mol. The van der Waals surface area contributed by atoms with Crippen molar-refractivity contribution in [3.8, 4) is 21.9 Å². The number of thiazole rings is 1. The molecule has 2 aromatic heterocycles. The summed E-state index contributed by atoms with van der Waals surface area (Å²) in [6, 6.07) is 22.8. The Balaban J connectivity index is 1.29. The van der Waals surface area contributed by atoms with Gasteiger partial charge in [-0.2, -0.15) is 0 Å². The molecule has 5 aromatic rings. The predicted molar refractivity (Wildman–Crippen MR) is 163 cm³/mol. The number of fused-ring (bicyclic) bond motifs is 1. The molecule has 0 aliphatic heterocycles. The number of hydrogen-bond donors (Lipinski definition) is 2. The van der Waals surface area contributed by atoms with Crippen LogP contribution in [-0.4, -0.2) is 16.0 Å². The van der Waals surface area contributed by atoms with Gasteiger partial charge in [0, 0.05) is 31.2 Å². The molecular weight excluding hydrogens is 658 g/mol. The molecule has 0 aliphatic carbocycles. The van der Waals surface area contributed by atoms with E-state index in [1.807, 2.05) is 54.6 Å². The minimum atomic E-state index is -0.392. The van der Waals surface area contributed by atoms with Crippen molar-refractivity contribution in [1.82, 2.24) is 10.3 Å². The number of rotatable bonds is 5. The van der Waals surface area contributed by atoms with Crippen molar-refractivity contribution in [2.24, 2.45) is 0 Å². The fourth-order valence-corrected chi connectivity index (χ4v) is 6.17. The van der Waals surface area contributed by atoms with Crippen LogP contribution in [-0.2, 0) is 4.79 Å². The number of halogens is 3. The first kappa shape index (κ1) is 25.8. The minimum absolute atomic E-state index is 0.154. The van der Waals surface area contributed by atoms with Gasteiger partial charge in [-0.15, -0.1) is 11.3 Å². The maximum absolute atomic E-state index is 12.5. The van der Waals surface area contributed by atoms with E-state index < -0.39 is 5.91 Å². The lowest BCUT2D eigenvalue weighted by Gasteiger charge is -2.14. The number of aromatic nitrogens is 1. The first-order valence-corrected chi connectivity index (χ1v) is 14.1. The second-order valence-electron chi connectivity index (χ2n) is 7.78. The van der Waals surface area contributed by atoms with Crippen LogP contribution in [0.2, 0.25) is 5.02 Å². The molecule has 0 unspecified atom stereocenters. The van der Waals surface area contributed by atoms with Crippen molar-refractivity contribution >= 4 is 100 Å². The molecule has 0 bridgehead atoms. The van der Waals surface area contributed by atoms with Crippen LogP contribution in [0.1, 0.15) is 5.76 Å². The Morgan fingerprint density at radius 3 is 2.62 bits per heavy atom. The largest absolute Gasteiger partial charge is 0.457 e. The van der Waals surface area contributed by atoms with Gasteiger partial charge in [-0.1, -0.05) is 39.7 Å². The van der Waals surface area contributed by atoms with Gasteiger partial charge >= 0.3 is 0 Å². The van der Waals surface area contributed by atoms with E-state index in [-0.39, 0.29) is 5.11 Å². The normalized spacial score (nSPS) is 11.2. The molecule has 0 saturated heterocycles. The Kier molecular flexibility index (Phi) is 7.87.